The molecule has 0 amide bonds. The Labute approximate surface area is 120 Å². The van der Waals surface area contributed by atoms with E-state index in [0.717, 1.165) is 0 Å². The maximum atomic E-state index is 10.6. The minimum Gasteiger partial charge on any atom is -0.499 e. The van der Waals surface area contributed by atoms with Crippen molar-refractivity contribution < 1.29 is 28.8 Å². The number of aliphatic carboxylic acids is 1. The quantitative estimate of drug-likeness (QED) is 0.242. The Kier molecular flexibility index (Phi) is 11.8. The summed E-state index contributed by atoms with van der Waals surface area (Å²) < 4.78 is 21.1. The summed E-state index contributed by atoms with van der Waals surface area (Å²) in [6.45, 7) is 8.88. The highest BCUT2D eigenvalue weighted by Crippen LogP contribution is 2.00. The van der Waals surface area contributed by atoms with Crippen molar-refractivity contribution in [2.45, 2.75) is 26.6 Å². The molecule has 0 aliphatic rings. The van der Waals surface area contributed by atoms with Crippen LogP contribution in [-0.4, -0.2) is 50.4 Å². The first-order chi connectivity index (χ1) is 9.61. The van der Waals surface area contributed by atoms with Crippen LogP contribution in [0.25, 0.3) is 0 Å². The molecule has 0 aromatic heterocycles. The highest BCUT2D eigenvalue weighted by molar-refractivity contribution is 5.85. The van der Waals surface area contributed by atoms with Gasteiger partial charge in [-0.25, -0.2) is 4.79 Å². The lowest BCUT2D eigenvalue weighted by Crippen LogP contribution is -2.25. The van der Waals surface area contributed by atoms with Crippen molar-refractivity contribution in [2.75, 3.05) is 33.0 Å². The Morgan fingerprint density at radius 3 is 2.65 bits per heavy atom. The van der Waals surface area contributed by atoms with Crippen LogP contribution in [0.3, 0.4) is 0 Å². The summed E-state index contributed by atoms with van der Waals surface area (Å²) in [6.07, 6.45) is 3.07. The van der Waals surface area contributed by atoms with E-state index in [2.05, 4.69) is 6.58 Å². The fourth-order valence-corrected chi connectivity index (χ4v) is 1.27. The lowest BCUT2D eigenvalue weighted by atomic mass is 10.2. The average molecular weight is 288 g/mol. The molecule has 1 unspecified atom stereocenters. The van der Waals surface area contributed by atoms with E-state index in [9.17, 15) is 4.79 Å². The van der Waals surface area contributed by atoms with Gasteiger partial charge in [-0.3, -0.25) is 0 Å². The number of hydrogen-bond acceptors (Lipinski definition) is 5. The molecule has 0 heterocycles. The van der Waals surface area contributed by atoms with Gasteiger partial charge in [0.15, 0.2) is 6.29 Å². The number of hydrogen-bond donors (Lipinski definition) is 1. The predicted molar refractivity (Wildman–Crippen MR) is 74.3 cm³/mol. The molecule has 0 bridgehead atoms. The molecule has 6 nitrogen and oxygen atoms in total. The second-order valence-electron chi connectivity index (χ2n) is 3.85. The van der Waals surface area contributed by atoms with Gasteiger partial charge < -0.3 is 24.1 Å². The fourth-order valence-electron chi connectivity index (χ4n) is 1.27. The second kappa shape index (κ2) is 12.7. The lowest BCUT2D eigenvalue weighted by Gasteiger charge is -2.17. The number of carboxylic acid groups (broad SMARTS) is 1. The van der Waals surface area contributed by atoms with Gasteiger partial charge in [0.1, 0.15) is 6.61 Å². The molecule has 0 radical (unpaired) electrons. The van der Waals surface area contributed by atoms with Gasteiger partial charge in [-0.15, -0.1) is 0 Å². The molecular weight excluding hydrogens is 264 g/mol. The van der Waals surface area contributed by atoms with E-state index in [-0.39, 0.29) is 0 Å². The van der Waals surface area contributed by atoms with Crippen molar-refractivity contribution in [2.24, 2.45) is 0 Å². The van der Waals surface area contributed by atoms with Gasteiger partial charge in [0.25, 0.3) is 0 Å². The smallest absolute Gasteiger partial charge is 0.330 e. The zero-order chi connectivity index (χ0) is 15.2. The molecule has 0 fully saturated rings. The molecule has 0 saturated heterocycles. The van der Waals surface area contributed by atoms with Crippen molar-refractivity contribution >= 4 is 5.97 Å². The average Bonchev–Trinajstić information content (AvgIpc) is 2.42. The molecule has 0 rings (SSSR count). The van der Waals surface area contributed by atoms with E-state index in [0.29, 0.717) is 45.0 Å². The van der Waals surface area contributed by atoms with Gasteiger partial charge in [-0.05, 0) is 20.3 Å². The van der Waals surface area contributed by atoms with Crippen LogP contribution in [0.15, 0.2) is 24.5 Å². The minimum atomic E-state index is -0.914. The van der Waals surface area contributed by atoms with Crippen LogP contribution in [0.2, 0.25) is 0 Å². The van der Waals surface area contributed by atoms with Gasteiger partial charge in [-0.2, -0.15) is 0 Å². The summed E-state index contributed by atoms with van der Waals surface area (Å²) in [7, 11) is 0. The van der Waals surface area contributed by atoms with Crippen LogP contribution in [0.1, 0.15) is 20.3 Å². The molecule has 0 aliphatic heterocycles. The summed E-state index contributed by atoms with van der Waals surface area (Å²) in [5.41, 5.74) is 0.313. The second-order valence-corrected chi connectivity index (χ2v) is 3.85. The van der Waals surface area contributed by atoms with E-state index < -0.39 is 12.3 Å². The molecule has 1 N–H and O–H groups in total. The van der Waals surface area contributed by atoms with Gasteiger partial charge in [0, 0.05) is 12.2 Å². The highest BCUT2D eigenvalue weighted by atomic mass is 16.7. The van der Waals surface area contributed by atoms with Crippen LogP contribution < -0.4 is 0 Å². The standard InChI is InChI=1S/C14H24O6/c1-4-17-9-10-20-13(19-5-2)11-18-8-6-7-12(3)14(15)16/h4,7,13H,1,5-6,8-11H2,2-3H3,(H,15,16). The Morgan fingerprint density at radius 1 is 1.30 bits per heavy atom. The molecule has 116 valence electrons. The molecule has 0 spiro atoms. The van der Waals surface area contributed by atoms with E-state index >= 15 is 0 Å². The predicted octanol–water partition coefficient (Wildman–Crippen LogP) is 1.96. The summed E-state index contributed by atoms with van der Waals surface area (Å²) in [6, 6.07) is 0. The SMILES string of the molecule is C=COCCOC(COCCC=C(C)C(=O)O)OCC. The molecule has 1 atom stereocenters. The third kappa shape index (κ3) is 10.5. The minimum absolute atomic E-state index is 0.294. The Hall–Kier alpha value is -1.37. The van der Waals surface area contributed by atoms with E-state index in [1.165, 1.54) is 6.26 Å². The van der Waals surface area contributed by atoms with Gasteiger partial charge in [0.2, 0.25) is 0 Å². The molecular formula is C14H24O6. The number of carbonyl (C=O) groups is 1. The Balaban J connectivity index is 3.76. The van der Waals surface area contributed by atoms with Crippen LogP contribution in [-0.2, 0) is 23.7 Å². The zero-order valence-electron chi connectivity index (χ0n) is 12.2. The summed E-state index contributed by atoms with van der Waals surface area (Å²) in [5, 5.41) is 8.67. The van der Waals surface area contributed by atoms with Crippen molar-refractivity contribution in [3.8, 4) is 0 Å². The Morgan fingerprint density at radius 2 is 2.05 bits per heavy atom. The number of rotatable bonds is 13. The third-order valence-electron chi connectivity index (χ3n) is 2.28. The largest absolute Gasteiger partial charge is 0.499 e. The first kappa shape index (κ1) is 18.6. The van der Waals surface area contributed by atoms with Crippen molar-refractivity contribution in [3.05, 3.63) is 24.5 Å². The van der Waals surface area contributed by atoms with Gasteiger partial charge in [-0.1, -0.05) is 12.7 Å². The fraction of sp³-hybridized carbons (Fsp3) is 0.643. The van der Waals surface area contributed by atoms with Crippen LogP contribution in [0.5, 0.6) is 0 Å². The van der Waals surface area contributed by atoms with Crippen molar-refractivity contribution in [1.29, 1.82) is 0 Å². The molecule has 6 heteroatoms. The zero-order valence-corrected chi connectivity index (χ0v) is 12.2. The summed E-state index contributed by atoms with van der Waals surface area (Å²) in [5.74, 6) is -0.914. The Bertz CT molecular complexity index is 300. The molecule has 0 aromatic carbocycles. The van der Waals surface area contributed by atoms with Crippen molar-refractivity contribution in [1.82, 2.24) is 0 Å². The molecule has 20 heavy (non-hydrogen) atoms. The van der Waals surface area contributed by atoms with Gasteiger partial charge in [0.05, 0.1) is 26.1 Å². The molecule has 0 aromatic rings. The lowest BCUT2D eigenvalue weighted by molar-refractivity contribution is -0.173. The third-order valence-corrected chi connectivity index (χ3v) is 2.28. The first-order valence-electron chi connectivity index (χ1n) is 6.55. The normalized spacial score (nSPS) is 13.0. The van der Waals surface area contributed by atoms with Crippen LogP contribution >= 0.6 is 0 Å². The maximum Gasteiger partial charge on any atom is 0.330 e. The van der Waals surface area contributed by atoms with E-state index in [1.54, 1.807) is 13.0 Å². The summed E-state index contributed by atoms with van der Waals surface area (Å²) >= 11 is 0. The summed E-state index contributed by atoms with van der Waals surface area (Å²) in [4.78, 5) is 10.6. The monoisotopic (exact) mass is 288 g/mol. The van der Waals surface area contributed by atoms with E-state index in [4.69, 9.17) is 24.1 Å². The highest BCUT2D eigenvalue weighted by Gasteiger charge is 2.08. The number of carboxylic acids is 1. The number of ether oxygens (including phenoxy) is 4. The van der Waals surface area contributed by atoms with Crippen LogP contribution in [0, 0.1) is 0 Å². The molecule has 0 aliphatic carbocycles. The maximum absolute atomic E-state index is 10.6. The first-order valence-corrected chi connectivity index (χ1v) is 6.55. The van der Waals surface area contributed by atoms with Gasteiger partial charge >= 0.3 is 5.97 Å². The van der Waals surface area contributed by atoms with E-state index in [1.807, 2.05) is 6.92 Å². The van der Waals surface area contributed by atoms with Crippen molar-refractivity contribution in [3.63, 3.8) is 0 Å². The topological polar surface area (TPSA) is 74.2 Å². The van der Waals surface area contributed by atoms with Crippen LogP contribution in [0.4, 0.5) is 0 Å². The molecule has 0 saturated carbocycles.